The number of hydrogen-bond acceptors (Lipinski definition) is 3. The smallest absolute Gasteiger partial charge is 0.313 e. The topological polar surface area (TPSA) is 62.3 Å². The molecule has 3 rings (SSSR count). The molecule has 0 spiro atoms. The number of hydrogen-bond donors (Lipinski definition) is 1. The lowest BCUT2D eigenvalue weighted by molar-refractivity contribution is -0.144. The molecule has 0 radical (unpaired) electrons. The highest BCUT2D eigenvalue weighted by molar-refractivity contribution is 6.41. The van der Waals surface area contributed by atoms with E-state index in [-0.39, 0.29) is 22.0 Å². The molecule has 1 aromatic rings. The number of pyridine rings is 1. The molecule has 124 valence electrons. The summed E-state index contributed by atoms with van der Waals surface area (Å²) in [5.74, 6) is -1.12. The fourth-order valence-corrected chi connectivity index (χ4v) is 4.65. The molecule has 23 heavy (non-hydrogen) atoms. The molecule has 1 saturated carbocycles. The zero-order chi connectivity index (χ0) is 16.8. The second-order valence-corrected chi connectivity index (χ2v) is 8.30. The summed E-state index contributed by atoms with van der Waals surface area (Å²) in [6, 6.07) is 3.44. The zero-order valence-electron chi connectivity index (χ0n) is 13.7. The number of nitrogens with zero attached hydrogens (tertiary/aromatic N) is 2. The number of carbonyl (C=O) groups is 2. The molecule has 0 aromatic carbocycles. The minimum atomic E-state index is -0.645. The molecular formula is C17H22ClN3O2. The Morgan fingerprint density at radius 3 is 2.78 bits per heavy atom. The van der Waals surface area contributed by atoms with Crippen molar-refractivity contribution < 1.29 is 9.59 Å². The van der Waals surface area contributed by atoms with Crippen LogP contribution >= 0.6 is 11.6 Å². The van der Waals surface area contributed by atoms with Gasteiger partial charge in [0.15, 0.2) is 5.15 Å². The van der Waals surface area contributed by atoms with Crippen molar-refractivity contribution in [3.8, 4) is 0 Å². The summed E-state index contributed by atoms with van der Waals surface area (Å²) in [5.41, 5.74) is 0.672. The van der Waals surface area contributed by atoms with Gasteiger partial charge < -0.3 is 10.2 Å². The average molecular weight is 336 g/mol. The van der Waals surface area contributed by atoms with Gasteiger partial charge in [0.05, 0.1) is 5.69 Å². The molecule has 1 N–H and O–H groups in total. The third-order valence-electron chi connectivity index (χ3n) is 4.88. The summed E-state index contributed by atoms with van der Waals surface area (Å²) in [7, 11) is 0. The standard InChI is InChI=1S/C17H22ClN3O2/c1-16(2)7-11-8-17(3,9-16)10-21(11)15(23)14(22)20-12-5-4-6-19-13(12)18/h4-6,11H,7-10H2,1-3H3,(H,20,22). The Balaban J connectivity index is 1.74. The predicted octanol–water partition coefficient (Wildman–Crippen LogP) is 3.10. The van der Waals surface area contributed by atoms with Crippen LogP contribution in [-0.2, 0) is 9.59 Å². The lowest BCUT2D eigenvalue weighted by Crippen LogP contribution is -2.43. The summed E-state index contributed by atoms with van der Waals surface area (Å²) in [6.07, 6.45) is 4.53. The average Bonchev–Trinajstić information content (AvgIpc) is 2.69. The Morgan fingerprint density at radius 1 is 1.35 bits per heavy atom. The van der Waals surface area contributed by atoms with Crippen molar-refractivity contribution in [3.63, 3.8) is 0 Å². The first kappa shape index (κ1) is 16.2. The number of aromatic nitrogens is 1. The summed E-state index contributed by atoms with van der Waals surface area (Å²) < 4.78 is 0. The fourth-order valence-electron chi connectivity index (χ4n) is 4.48. The maximum atomic E-state index is 12.6. The largest absolute Gasteiger partial charge is 0.331 e. The van der Waals surface area contributed by atoms with Gasteiger partial charge >= 0.3 is 11.8 Å². The number of fused-ring (bicyclic) bond motifs is 2. The van der Waals surface area contributed by atoms with Gasteiger partial charge in [0.1, 0.15) is 0 Å². The lowest BCUT2D eigenvalue weighted by atomic mass is 9.65. The molecule has 2 amide bonds. The number of halogens is 1. The van der Waals surface area contributed by atoms with Gasteiger partial charge in [0.25, 0.3) is 0 Å². The van der Waals surface area contributed by atoms with Crippen LogP contribution in [0.25, 0.3) is 0 Å². The Bertz CT molecular complexity index is 661. The van der Waals surface area contributed by atoms with Gasteiger partial charge in [-0.15, -0.1) is 0 Å². The van der Waals surface area contributed by atoms with Gasteiger partial charge in [-0.05, 0) is 42.2 Å². The van der Waals surface area contributed by atoms with Crippen LogP contribution in [0, 0.1) is 10.8 Å². The number of likely N-dealkylation sites (tertiary alicyclic amines) is 1. The van der Waals surface area contributed by atoms with E-state index in [1.807, 2.05) is 0 Å². The molecule has 2 aliphatic rings. The highest BCUT2D eigenvalue weighted by Crippen LogP contribution is 2.52. The monoisotopic (exact) mass is 335 g/mol. The van der Waals surface area contributed by atoms with Crippen LogP contribution in [-0.4, -0.2) is 34.3 Å². The number of nitrogens with one attached hydrogen (secondary N) is 1. The summed E-state index contributed by atoms with van der Waals surface area (Å²) in [5, 5.41) is 2.76. The molecule has 1 aromatic heterocycles. The van der Waals surface area contributed by atoms with Crippen molar-refractivity contribution >= 4 is 29.1 Å². The van der Waals surface area contributed by atoms with Gasteiger partial charge in [0.2, 0.25) is 0 Å². The van der Waals surface area contributed by atoms with Gasteiger partial charge in [-0.25, -0.2) is 4.98 Å². The Kier molecular flexibility index (Phi) is 3.87. The second-order valence-electron chi connectivity index (χ2n) is 7.94. The maximum Gasteiger partial charge on any atom is 0.313 e. The van der Waals surface area contributed by atoms with Crippen molar-refractivity contribution in [1.82, 2.24) is 9.88 Å². The maximum absolute atomic E-state index is 12.6. The molecular weight excluding hydrogens is 314 g/mol. The van der Waals surface area contributed by atoms with Crippen molar-refractivity contribution in [2.45, 2.75) is 46.1 Å². The van der Waals surface area contributed by atoms with Crippen LogP contribution in [0.4, 0.5) is 5.69 Å². The third kappa shape index (κ3) is 3.20. The van der Waals surface area contributed by atoms with E-state index < -0.39 is 11.8 Å². The Labute approximate surface area is 141 Å². The number of amides is 2. The van der Waals surface area contributed by atoms with Crippen LogP contribution in [0.5, 0.6) is 0 Å². The van der Waals surface area contributed by atoms with Crippen molar-refractivity contribution in [3.05, 3.63) is 23.5 Å². The van der Waals surface area contributed by atoms with E-state index in [1.54, 1.807) is 17.0 Å². The fraction of sp³-hybridized carbons (Fsp3) is 0.588. The van der Waals surface area contributed by atoms with Crippen molar-refractivity contribution in [2.24, 2.45) is 10.8 Å². The van der Waals surface area contributed by atoms with Gasteiger partial charge in [-0.3, -0.25) is 9.59 Å². The van der Waals surface area contributed by atoms with Crippen LogP contribution < -0.4 is 5.32 Å². The molecule has 2 fully saturated rings. The van der Waals surface area contributed by atoms with Crippen molar-refractivity contribution in [2.75, 3.05) is 11.9 Å². The second kappa shape index (κ2) is 5.48. The number of rotatable bonds is 1. The molecule has 1 aliphatic heterocycles. The molecule has 2 heterocycles. The molecule has 5 nitrogen and oxygen atoms in total. The molecule has 2 atom stereocenters. The molecule has 1 saturated heterocycles. The predicted molar refractivity (Wildman–Crippen MR) is 89.1 cm³/mol. The number of anilines is 1. The van der Waals surface area contributed by atoms with Gasteiger partial charge in [0, 0.05) is 18.8 Å². The first-order valence-electron chi connectivity index (χ1n) is 7.92. The normalized spacial score (nSPS) is 28.5. The van der Waals surface area contributed by atoms with Gasteiger partial charge in [-0.1, -0.05) is 32.4 Å². The summed E-state index contributed by atoms with van der Waals surface area (Å²) >= 11 is 5.93. The lowest BCUT2D eigenvalue weighted by Gasteiger charge is -2.39. The summed E-state index contributed by atoms with van der Waals surface area (Å²) in [6.45, 7) is 7.33. The molecule has 2 bridgehead atoms. The molecule has 1 aliphatic carbocycles. The SMILES string of the molecule is CC1(C)CC2CC(C)(CN2C(=O)C(=O)Nc2cccnc2Cl)C1. The third-order valence-corrected chi connectivity index (χ3v) is 5.18. The Morgan fingerprint density at radius 2 is 2.09 bits per heavy atom. The minimum Gasteiger partial charge on any atom is -0.331 e. The molecule has 2 unspecified atom stereocenters. The van der Waals surface area contributed by atoms with E-state index in [4.69, 9.17) is 11.6 Å². The minimum absolute atomic E-state index is 0.105. The van der Waals surface area contributed by atoms with E-state index in [0.717, 1.165) is 19.3 Å². The highest BCUT2D eigenvalue weighted by atomic mass is 35.5. The zero-order valence-corrected chi connectivity index (χ0v) is 14.5. The highest BCUT2D eigenvalue weighted by Gasteiger charge is 2.51. The van der Waals surface area contributed by atoms with Crippen molar-refractivity contribution in [1.29, 1.82) is 0 Å². The van der Waals surface area contributed by atoms with Crippen LogP contribution in [0.3, 0.4) is 0 Å². The van der Waals surface area contributed by atoms with E-state index in [1.165, 1.54) is 6.20 Å². The van der Waals surface area contributed by atoms with Gasteiger partial charge in [-0.2, -0.15) is 0 Å². The first-order chi connectivity index (χ1) is 10.7. The van der Waals surface area contributed by atoms with Crippen LogP contribution in [0.1, 0.15) is 40.0 Å². The Hall–Kier alpha value is -1.62. The number of carbonyl (C=O) groups excluding carboxylic acids is 2. The summed E-state index contributed by atoms with van der Waals surface area (Å²) in [4.78, 5) is 30.6. The van der Waals surface area contributed by atoms with Crippen LogP contribution in [0.2, 0.25) is 5.15 Å². The molecule has 6 heteroatoms. The van der Waals surface area contributed by atoms with E-state index in [0.29, 0.717) is 12.2 Å². The van der Waals surface area contributed by atoms with E-state index >= 15 is 0 Å². The van der Waals surface area contributed by atoms with E-state index in [9.17, 15) is 9.59 Å². The quantitative estimate of drug-likeness (QED) is 0.633. The van der Waals surface area contributed by atoms with Crippen LogP contribution in [0.15, 0.2) is 18.3 Å². The first-order valence-corrected chi connectivity index (χ1v) is 8.29. The van der Waals surface area contributed by atoms with E-state index in [2.05, 4.69) is 31.1 Å².